The molecule has 0 fully saturated rings. The number of H-pyrrole nitrogens is 2. The summed E-state index contributed by atoms with van der Waals surface area (Å²) in [5.41, 5.74) is 1.15. The van der Waals surface area contributed by atoms with Crippen LogP contribution in [0.25, 0.3) is 11.0 Å². The topological polar surface area (TPSA) is 66.5 Å². The summed E-state index contributed by atoms with van der Waals surface area (Å²) >= 11 is 4.93. The molecule has 0 aliphatic rings. The molecule has 0 spiro atoms. The Morgan fingerprint density at radius 3 is 2.79 bits per heavy atom. The van der Waals surface area contributed by atoms with Crippen LogP contribution in [0.2, 0.25) is 0 Å². The maximum Gasteiger partial charge on any atom is 1.00 e. The van der Waals surface area contributed by atoms with E-state index in [-0.39, 0.29) is 56.9 Å². The van der Waals surface area contributed by atoms with Crippen LogP contribution in [0.5, 0.6) is 0 Å². The number of rotatable bonds is 0. The summed E-state index contributed by atoms with van der Waals surface area (Å²) in [6.07, 6.45) is 0. The zero-order chi connectivity index (χ0) is 9.59. The molecule has 0 amide bonds. The van der Waals surface area contributed by atoms with Gasteiger partial charge in [0, 0.05) is 12.7 Å². The van der Waals surface area contributed by atoms with Gasteiger partial charge in [-0.15, -0.1) is 0 Å². The number of hydrogen-bond donors (Lipinski definition) is 2. The van der Waals surface area contributed by atoms with Gasteiger partial charge in [0.1, 0.15) is 5.39 Å². The first-order valence-corrected chi connectivity index (χ1v) is 4.16. The third-order valence-electron chi connectivity index (χ3n) is 2.00. The largest absolute Gasteiger partial charge is 1.00 e. The van der Waals surface area contributed by atoms with Crippen LogP contribution in [0.15, 0.2) is 4.79 Å². The quantitative estimate of drug-likeness (QED) is 0.396. The number of nitrogens with one attached hydrogen (secondary N) is 2. The van der Waals surface area contributed by atoms with Crippen molar-refractivity contribution in [1.29, 1.82) is 0 Å². The predicted octanol–water partition coefficient (Wildman–Crippen LogP) is -2.37. The van der Waals surface area contributed by atoms with Crippen LogP contribution in [0.4, 0.5) is 0 Å². The smallest absolute Gasteiger partial charge is 0.315 e. The predicted molar refractivity (Wildman–Crippen MR) is 51.3 cm³/mol. The van der Waals surface area contributed by atoms with Gasteiger partial charge in [0.05, 0.1) is 0 Å². The van der Waals surface area contributed by atoms with Crippen molar-refractivity contribution >= 4 is 23.3 Å². The number of aromatic nitrogens is 4. The van der Waals surface area contributed by atoms with Gasteiger partial charge in [0.2, 0.25) is 0 Å². The van der Waals surface area contributed by atoms with Crippen LogP contribution >= 0.6 is 12.2 Å². The van der Waals surface area contributed by atoms with Crippen LogP contribution in [0.3, 0.4) is 0 Å². The SMILES string of the molecule is Cc1[nH]nc2[nH]c(=S)n(C)c(=O)c12.[K+]. The number of nitrogens with zero attached hydrogens (tertiary/aromatic N) is 2. The van der Waals surface area contributed by atoms with E-state index in [4.69, 9.17) is 12.2 Å². The first kappa shape index (κ1) is 12.3. The second-order valence-electron chi connectivity index (χ2n) is 2.87. The monoisotopic (exact) mass is 235 g/mol. The van der Waals surface area contributed by atoms with E-state index in [1.54, 1.807) is 14.0 Å². The first-order chi connectivity index (χ1) is 6.11. The Hall–Kier alpha value is 0.206. The fraction of sp³-hybridized carbons (Fsp3) is 0.286. The normalized spacial score (nSPS) is 10.1. The van der Waals surface area contributed by atoms with Gasteiger partial charge in [-0.1, -0.05) is 0 Å². The van der Waals surface area contributed by atoms with E-state index in [1.165, 1.54) is 4.57 Å². The van der Waals surface area contributed by atoms with Crippen LogP contribution in [-0.2, 0) is 7.05 Å². The summed E-state index contributed by atoms with van der Waals surface area (Å²) in [6, 6.07) is 0. The van der Waals surface area contributed by atoms with Crippen LogP contribution in [0.1, 0.15) is 5.69 Å². The van der Waals surface area contributed by atoms with Gasteiger partial charge in [0.15, 0.2) is 10.4 Å². The Bertz CT molecular complexity index is 581. The third-order valence-corrected chi connectivity index (χ3v) is 2.37. The van der Waals surface area contributed by atoms with Gasteiger partial charge in [-0.2, -0.15) is 5.10 Å². The average Bonchev–Trinajstić information content (AvgIpc) is 2.43. The van der Waals surface area contributed by atoms with E-state index in [2.05, 4.69) is 15.2 Å². The maximum atomic E-state index is 11.6. The van der Waals surface area contributed by atoms with Gasteiger partial charge < -0.3 is 4.98 Å². The van der Waals surface area contributed by atoms with Gasteiger partial charge in [0.25, 0.3) is 5.56 Å². The van der Waals surface area contributed by atoms with E-state index in [0.29, 0.717) is 15.8 Å². The van der Waals surface area contributed by atoms with Crippen LogP contribution < -0.4 is 56.9 Å². The summed E-state index contributed by atoms with van der Waals surface area (Å²) in [4.78, 5) is 14.5. The van der Waals surface area contributed by atoms with Crippen molar-refractivity contribution in [3.63, 3.8) is 0 Å². The Morgan fingerprint density at radius 1 is 1.50 bits per heavy atom. The molecule has 2 aromatic heterocycles. The molecule has 0 aliphatic carbocycles. The van der Waals surface area contributed by atoms with Gasteiger partial charge in [-0.25, -0.2) is 0 Å². The molecule has 14 heavy (non-hydrogen) atoms. The van der Waals surface area contributed by atoms with E-state index >= 15 is 0 Å². The minimum absolute atomic E-state index is 0. The average molecular weight is 235 g/mol. The van der Waals surface area contributed by atoms with Crippen LogP contribution in [-0.4, -0.2) is 19.7 Å². The summed E-state index contributed by atoms with van der Waals surface area (Å²) in [6.45, 7) is 1.80. The molecule has 68 valence electrons. The summed E-state index contributed by atoms with van der Waals surface area (Å²) in [7, 11) is 1.63. The Morgan fingerprint density at radius 2 is 2.14 bits per heavy atom. The molecule has 2 N–H and O–H groups in total. The number of hydrogen-bond acceptors (Lipinski definition) is 3. The number of aromatic amines is 2. The summed E-state index contributed by atoms with van der Waals surface area (Å²) in [5.74, 6) is 0. The molecule has 0 atom stereocenters. The van der Waals surface area contributed by atoms with Gasteiger partial charge in [-0.3, -0.25) is 14.5 Å². The molecule has 0 radical (unpaired) electrons. The number of aryl methyl sites for hydroxylation is 1. The molecule has 0 saturated carbocycles. The molecule has 0 bridgehead atoms. The molecule has 0 aromatic carbocycles. The molecule has 2 aromatic rings. The van der Waals surface area contributed by atoms with E-state index < -0.39 is 0 Å². The van der Waals surface area contributed by atoms with Crippen LogP contribution in [0, 0.1) is 11.7 Å². The molecule has 0 aliphatic heterocycles. The molecule has 5 nitrogen and oxygen atoms in total. The minimum atomic E-state index is -0.120. The Kier molecular flexibility index (Phi) is 3.84. The van der Waals surface area contributed by atoms with Crippen molar-refractivity contribution in [3.8, 4) is 0 Å². The zero-order valence-corrected chi connectivity index (χ0v) is 12.2. The van der Waals surface area contributed by atoms with Crippen molar-refractivity contribution in [2.75, 3.05) is 0 Å². The fourth-order valence-corrected chi connectivity index (χ4v) is 1.41. The number of fused-ring (bicyclic) bond motifs is 1. The van der Waals surface area contributed by atoms with E-state index in [9.17, 15) is 4.79 Å². The minimum Gasteiger partial charge on any atom is -0.315 e. The summed E-state index contributed by atoms with van der Waals surface area (Å²) < 4.78 is 1.77. The van der Waals surface area contributed by atoms with Gasteiger partial charge in [-0.05, 0) is 19.1 Å². The maximum absolute atomic E-state index is 11.6. The van der Waals surface area contributed by atoms with Crippen molar-refractivity contribution in [1.82, 2.24) is 19.7 Å². The Balaban J connectivity index is 0.000000980. The second-order valence-corrected chi connectivity index (χ2v) is 3.25. The molecular weight excluding hydrogens is 227 g/mol. The van der Waals surface area contributed by atoms with Crippen molar-refractivity contribution < 1.29 is 51.4 Å². The van der Waals surface area contributed by atoms with Crippen molar-refractivity contribution in [2.24, 2.45) is 7.05 Å². The molecule has 7 heteroatoms. The summed E-state index contributed by atoms with van der Waals surface area (Å²) in [5, 5.41) is 7.22. The third kappa shape index (κ3) is 1.80. The Labute approximate surface area is 127 Å². The van der Waals surface area contributed by atoms with Crippen molar-refractivity contribution in [3.05, 3.63) is 20.8 Å². The van der Waals surface area contributed by atoms with Crippen molar-refractivity contribution in [2.45, 2.75) is 6.92 Å². The van der Waals surface area contributed by atoms with E-state index in [0.717, 1.165) is 5.69 Å². The van der Waals surface area contributed by atoms with E-state index in [1.807, 2.05) is 0 Å². The second kappa shape index (κ2) is 4.38. The molecular formula is C7H8KN4OS+. The standard InChI is InChI=1S/C7H8N4OS.K/c1-3-4-5(10-9-3)8-7(13)11(2)6(4)12;/h1-2H3,(H2,8,9,10,13);/q;+1. The zero-order valence-electron chi connectivity index (χ0n) is 8.21. The fourth-order valence-electron chi connectivity index (χ4n) is 1.23. The molecule has 0 saturated heterocycles. The molecule has 0 unspecified atom stereocenters. The van der Waals surface area contributed by atoms with Gasteiger partial charge >= 0.3 is 51.4 Å². The molecule has 2 heterocycles. The first-order valence-electron chi connectivity index (χ1n) is 3.75. The molecule has 2 rings (SSSR count).